The summed E-state index contributed by atoms with van der Waals surface area (Å²) >= 11 is 0. The van der Waals surface area contributed by atoms with Crippen molar-refractivity contribution in [3.63, 3.8) is 0 Å². The predicted molar refractivity (Wildman–Crippen MR) is 82.3 cm³/mol. The van der Waals surface area contributed by atoms with Gasteiger partial charge < -0.3 is 20.1 Å². The van der Waals surface area contributed by atoms with Crippen molar-refractivity contribution in [3.8, 4) is 0 Å². The molecule has 0 saturated carbocycles. The smallest absolute Gasteiger partial charge is 0.0700 e. The van der Waals surface area contributed by atoms with Crippen molar-refractivity contribution in [2.45, 2.75) is 25.3 Å². The minimum absolute atomic E-state index is 0.462. The van der Waals surface area contributed by atoms with E-state index >= 15 is 0 Å². The van der Waals surface area contributed by atoms with Crippen molar-refractivity contribution in [1.82, 2.24) is 0 Å². The summed E-state index contributed by atoms with van der Waals surface area (Å²) in [7, 11) is 1.69. The highest BCUT2D eigenvalue weighted by atomic mass is 16.5. The van der Waals surface area contributed by atoms with E-state index in [9.17, 15) is 0 Å². The number of nitrogens with zero attached hydrogens (tertiary/aromatic N) is 1. The lowest BCUT2D eigenvalue weighted by molar-refractivity contribution is 0.0698. The number of hydrogen-bond donors (Lipinski definition) is 1. The molecule has 0 aliphatic carbocycles. The second-order valence-electron chi connectivity index (χ2n) is 5.21. The van der Waals surface area contributed by atoms with E-state index in [-0.39, 0.29) is 0 Å². The zero-order chi connectivity index (χ0) is 14.2. The van der Waals surface area contributed by atoms with Crippen LogP contribution in [0.4, 0.5) is 5.69 Å². The third-order valence-corrected chi connectivity index (χ3v) is 3.88. The van der Waals surface area contributed by atoms with E-state index in [0.29, 0.717) is 19.3 Å². The van der Waals surface area contributed by atoms with E-state index in [0.717, 1.165) is 39.0 Å². The molecule has 1 aromatic rings. The number of fused-ring (bicyclic) bond motifs is 1. The minimum Gasteiger partial charge on any atom is -0.382 e. The Balaban J connectivity index is 1.87. The maximum Gasteiger partial charge on any atom is 0.0700 e. The Kier molecular flexibility index (Phi) is 6.30. The summed E-state index contributed by atoms with van der Waals surface area (Å²) in [6.07, 6.45) is 3.31. The molecule has 0 radical (unpaired) electrons. The number of para-hydroxylation sites is 1. The maximum absolute atomic E-state index is 5.93. The average Bonchev–Trinajstić information content (AvgIpc) is 2.50. The van der Waals surface area contributed by atoms with Gasteiger partial charge in [-0.3, -0.25) is 0 Å². The molecule has 20 heavy (non-hydrogen) atoms. The van der Waals surface area contributed by atoms with Gasteiger partial charge in [0.1, 0.15) is 0 Å². The van der Waals surface area contributed by atoms with Crippen molar-refractivity contribution < 1.29 is 9.47 Å². The summed E-state index contributed by atoms with van der Waals surface area (Å²) < 4.78 is 10.5. The van der Waals surface area contributed by atoms with Gasteiger partial charge in [0.2, 0.25) is 0 Å². The largest absolute Gasteiger partial charge is 0.382 e. The molecule has 1 aliphatic rings. The van der Waals surface area contributed by atoms with Crippen LogP contribution in [0.3, 0.4) is 0 Å². The summed E-state index contributed by atoms with van der Waals surface area (Å²) in [5.74, 6) is 0. The molecule has 2 N–H and O–H groups in total. The molecule has 1 heterocycles. The van der Waals surface area contributed by atoms with Crippen molar-refractivity contribution >= 4 is 5.69 Å². The first-order valence-corrected chi connectivity index (χ1v) is 7.48. The fourth-order valence-corrected chi connectivity index (χ4v) is 2.81. The van der Waals surface area contributed by atoms with Crippen LogP contribution in [-0.4, -0.2) is 46.1 Å². The molecule has 0 amide bonds. The van der Waals surface area contributed by atoms with Crippen LogP contribution in [0.5, 0.6) is 0 Å². The molecule has 1 aliphatic heterocycles. The number of nitrogens with two attached hydrogens (primary N) is 1. The van der Waals surface area contributed by atoms with Gasteiger partial charge in [-0.1, -0.05) is 18.2 Å². The van der Waals surface area contributed by atoms with Gasteiger partial charge in [0, 0.05) is 38.5 Å². The van der Waals surface area contributed by atoms with Crippen LogP contribution in [0.2, 0.25) is 0 Å². The first kappa shape index (κ1) is 15.3. The van der Waals surface area contributed by atoms with E-state index in [1.54, 1.807) is 7.11 Å². The van der Waals surface area contributed by atoms with Gasteiger partial charge in [0.25, 0.3) is 0 Å². The van der Waals surface area contributed by atoms with Crippen molar-refractivity contribution in [3.05, 3.63) is 29.8 Å². The molecule has 0 spiro atoms. The SMILES string of the molecule is COCCOCCCN1c2ccccc2CCC1CN. The van der Waals surface area contributed by atoms with E-state index in [1.807, 2.05) is 0 Å². The number of benzene rings is 1. The molecule has 1 atom stereocenters. The second kappa shape index (κ2) is 8.25. The van der Waals surface area contributed by atoms with Gasteiger partial charge in [-0.05, 0) is 30.9 Å². The number of methoxy groups -OCH3 is 1. The number of anilines is 1. The lowest BCUT2D eigenvalue weighted by Gasteiger charge is -2.38. The molecule has 112 valence electrons. The van der Waals surface area contributed by atoms with E-state index in [1.165, 1.54) is 11.3 Å². The highest BCUT2D eigenvalue weighted by Gasteiger charge is 2.24. The molecule has 2 rings (SSSR count). The van der Waals surface area contributed by atoms with Crippen LogP contribution in [-0.2, 0) is 15.9 Å². The molecule has 0 fully saturated rings. The highest BCUT2D eigenvalue weighted by Crippen LogP contribution is 2.30. The average molecular weight is 278 g/mol. The van der Waals surface area contributed by atoms with Gasteiger partial charge in [-0.15, -0.1) is 0 Å². The molecule has 0 saturated heterocycles. The molecule has 0 aromatic heterocycles. The normalized spacial score (nSPS) is 18.1. The minimum atomic E-state index is 0.462. The van der Waals surface area contributed by atoms with Crippen LogP contribution in [0, 0.1) is 0 Å². The Bertz CT molecular complexity index is 398. The summed E-state index contributed by atoms with van der Waals surface area (Å²) in [6, 6.07) is 9.13. The fourth-order valence-electron chi connectivity index (χ4n) is 2.81. The molecule has 0 bridgehead atoms. The van der Waals surface area contributed by atoms with Crippen LogP contribution in [0.1, 0.15) is 18.4 Å². The van der Waals surface area contributed by atoms with Gasteiger partial charge in [0.05, 0.1) is 13.2 Å². The Morgan fingerprint density at radius 2 is 2.10 bits per heavy atom. The first-order valence-electron chi connectivity index (χ1n) is 7.48. The summed E-state index contributed by atoms with van der Waals surface area (Å²) in [5.41, 5.74) is 8.73. The number of ether oxygens (including phenoxy) is 2. The first-order chi connectivity index (χ1) is 9.86. The quantitative estimate of drug-likeness (QED) is 0.737. The number of aryl methyl sites for hydroxylation is 1. The van der Waals surface area contributed by atoms with Crippen molar-refractivity contribution in [1.29, 1.82) is 0 Å². The topological polar surface area (TPSA) is 47.7 Å². The van der Waals surface area contributed by atoms with Gasteiger partial charge in [-0.25, -0.2) is 0 Å². The van der Waals surface area contributed by atoms with Crippen LogP contribution < -0.4 is 10.6 Å². The lowest BCUT2D eigenvalue weighted by atomic mass is 9.95. The number of hydrogen-bond acceptors (Lipinski definition) is 4. The maximum atomic E-state index is 5.93. The zero-order valence-electron chi connectivity index (χ0n) is 12.4. The van der Waals surface area contributed by atoms with Crippen LogP contribution in [0.15, 0.2) is 24.3 Å². The van der Waals surface area contributed by atoms with E-state index in [2.05, 4.69) is 29.2 Å². The van der Waals surface area contributed by atoms with E-state index in [4.69, 9.17) is 15.2 Å². The Hall–Kier alpha value is -1.10. The van der Waals surface area contributed by atoms with Gasteiger partial charge in [0.15, 0.2) is 0 Å². The summed E-state index contributed by atoms with van der Waals surface area (Å²) in [5, 5.41) is 0. The monoisotopic (exact) mass is 278 g/mol. The third-order valence-electron chi connectivity index (χ3n) is 3.88. The highest BCUT2D eigenvalue weighted by molar-refractivity contribution is 5.56. The van der Waals surface area contributed by atoms with Crippen LogP contribution in [0.25, 0.3) is 0 Å². The summed E-state index contributed by atoms with van der Waals surface area (Å²) in [4.78, 5) is 2.46. The van der Waals surface area contributed by atoms with Gasteiger partial charge in [-0.2, -0.15) is 0 Å². The van der Waals surface area contributed by atoms with Crippen molar-refractivity contribution in [2.75, 3.05) is 44.9 Å². The molecule has 1 unspecified atom stereocenters. The molecule has 1 aromatic carbocycles. The fraction of sp³-hybridized carbons (Fsp3) is 0.625. The molecular weight excluding hydrogens is 252 g/mol. The molecule has 4 nitrogen and oxygen atoms in total. The Labute approximate surface area is 121 Å². The Morgan fingerprint density at radius 1 is 1.25 bits per heavy atom. The third kappa shape index (κ3) is 3.95. The van der Waals surface area contributed by atoms with E-state index < -0.39 is 0 Å². The second-order valence-corrected chi connectivity index (χ2v) is 5.21. The predicted octanol–water partition coefficient (Wildman–Crippen LogP) is 1.82. The standard InChI is InChI=1S/C16H26N2O2/c1-19-11-12-20-10-4-9-18-15(13-17)8-7-14-5-2-3-6-16(14)18/h2-3,5-6,15H,4,7-13,17H2,1H3. The number of rotatable bonds is 8. The Morgan fingerprint density at radius 3 is 2.90 bits per heavy atom. The summed E-state index contributed by atoms with van der Waals surface area (Å²) in [6.45, 7) is 3.84. The lowest BCUT2D eigenvalue weighted by Crippen LogP contribution is -2.44. The van der Waals surface area contributed by atoms with Crippen molar-refractivity contribution in [2.24, 2.45) is 5.73 Å². The molecular formula is C16H26N2O2. The van der Waals surface area contributed by atoms with Gasteiger partial charge >= 0.3 is 0 Å². The zero-order valence-corrected chi connectivity index (χ0v) is 12.4. The van der Waals surface area contributed by atoms with Crippen LogP contribution >= 0.6 is 0 Å². The molecule has 4 heteroatoms.